The van der Waals surface area contributed by atoms with Crippen LogP contribution in [0.15, 0.2) is 4.91 Å². The summed E-state index contributed by atoms with van der Waals surface area (Å²) >= 11 is 0. The third-order valence-corrected chi connectivity index (χ3v) is 5.40. The first kappa shape index (κ1) is 13.1. The van der Waals surface area contributed by atoms with E-state index in [9.17, 15) is 0 Å². The van der Waals surface area contributed by atoms with Crippen molar-refractivity contribution in [1.29, 1.82) is 0 Å². The average Bonchev–Trinajstić information content (AvgIpc) is 1.97. The molecule has 0 N–H and O–H groups in total. The van der Waals surface area contributed by atoms with Gasteiger partial charge in [-0.25, -0.2) is 0 Å². The van der Waals surface area contributed by atoms with Gasteiger partial charge in [0.1, 0.15) is 0 Å². The summed E-state index contributed by atoms with van der Waals surface area (Å²) in [6.07, 6.45) is 0. The van der Waals surface area contributed by atoms with Crippen LogP contribution in [0.2, 0.25) is 0 Å². The molecule has 0 saturated heterocycles. The standard InChI is InChI=1S/C7H21N4OP/c1-9(2)13(8-12-7,10(3)4)11(5)6/h1-7H3. The van der Waals surface area contributed by atoms with Crippen molar-refractivity contribution in [2.75, 3.05) is 49.4 Å². The van der Waals surface area contributed by atoms with Gasteiger partial charge < -0.3 is 0 Å². The maximum Gasteiger partial charge on any atom is 0.196 e. The van der Waals surface area contributed by atoms with E-state index in [0.717, 1.165) is 0 Å². The van der Waals surface area contributed by atoms with Crippen molar-refractivity contribution in [3.05, 3.63) is 0 Å². The van der Waals surface area contributed by atoms with Crippen LogP contribution >= 0.6 is 7.51 Å². The highest BCUT2D eigenvalue weighted by Gasteiger charge is 2.28. The van der Waals surface area contributed by atoms with Crippen molar-refractivity contribution in [3.8, 4) is 0 Å². The monoisotopic (exact) mass is 208 g/mol. The molecule has 0 amide bonds. The quantitative estimate of drug-likeness (QED) is 0.513. The van der Waals surface area contributed by atoms with Crippen LogP contribution in [-0.2, 0) is 4.84 Å². The molecule has 0 aromatic rings. The van der Waals surface area contributed by atoms with E-state index in [-0.39, 0.29) is 0 Å². The molecule has 0 radical (unpaired) electrons. The Morgan fingerprint density at radius 3 is 1.23 bits per heavy atom. The van der Waals surface area contributed by atoms with Gasteiger partial charge in [-0.3, -0.25) is 18.8 Å². The molecular weight excluding hydrogens is 187 g/mol. The topological polar surface area (TPSA) is 31.3 Å². The average molecular weight is 208 g/mol. The number of rotatable bonds is 4. The molecule has 0 heterocycles. The fraction of sp³-hybridized carbons (Fsp3) is 1.00. The summed E-state index contributed by atoms with van der Waals surface area (Å²) in [5.41, 5.74) is 0. The van der Waals surface area contributed by atoms with Gasteiger partial charge in [0.05, 0.1) is 7.11 Å². The lowest BCUT2D eigenvalue weighted by molar-refractivity contribution is 0.208. The molecule has 0 aromatic heterocycles. The predicted molar refractivity (Wildman–Crippen MR) is 57.4 cm³/mol. The SMILES string of the molecule is CON=P(N(C)C)(N(C)C)N(C)C. The lowest BCUT2D eigenvalue weighted by atomic mass is 11.2. The Hall–Kier alpha value is 0.0700. The van der Waals surface area contributed by atoms with Gasteiger partial charge in [-0.05, 0) is 42.3 Å². The van der Waals surface area contributed by atoms with Crippen molar-refractivity contribution in [1.82, 2.24) is 14.0 Å². The van der Waals surface area contributed by atoms with Crippen molar-refractivity contribution in [2.45, 2.75) is 0 Å². The Bertz CT molecular complexity index is 174. The molecule has 0 aliphatic heterocycles. The molecule has 0 aliphatic carbocycles. The Morgan fingerprint density at radius 1 is 0.846 bits per heavy atom. The molecule has 0 atom stereocenters. The van der Waals surface area contributed by atoms with E-state index in [4.69, 9.17) is 4.84 Å². The van der Waals surface area contributed by atoms with Gasteiger partial charge in [0.2, 0.25) is 0 Å². The van der Waals surface area contributed by atoms with E-state index in [2.05, 4.69) is 18.9 Å². The van der Waals surface area contributed by atoms with E-state index < -0.39 is 7.51 Å². The Morgan fingerprint density at radius 2 is 1.15 bits per heavy atom. The largest absolute Gasteiger partial charge is 0.253 e. The van der Waals surface area contributed by atoms with E-state index >= 15 is 0 Å². The zero-order valence-electron chi connectivity index (χ0n) is 9.64. The highest BCUT2D eigenvalue weighted by atomic mass is 31.2. The summed E-state index contributed by atoms with van der Waals surface area (Å²) in [5, 5.41) is 0. The first-order valence-corrected chi connectivity index (χ1v) is 5.67. The maximum absolute atomic E-state index is 4.94. The predicted octanol–water partition coefficient (Wildman–Crippen LogP) is 1.18. The summed E-state index contributed by atoms with van der Waals surface area (Å²) in [5.74, 6) is 0. The Labute approximate surface area is 81.4 Å². The molecule has 0 aromatic carbocycles. The smallest absolute Gasteiger partial charge is 0.196 e. The summed E-state index contributed by atoms with van der Waals surface area (Å²) in [6.45, 7) is 0. The molecule has 0 unspecified atom stereocenters. The minimum atomic E-state index is -1.81. The van der Waals surface area contributed by atoms with Crippen LogP contribution < -0.4 is 0 Å². The normalized spacial score (nSPS) is 13.1. The first-order valence-electron chi connectivity index (χ1n) is 4.07. The lowest BCUT2D eigenvalue weighted by Crippen LogP contribution is -2.30. The van der Waals surface area contributed by atoms with E-state index in [1.165, 1.54) is 0 Å². The van der Waals surface area contributed by atoms with Crippen molar-refractivity contribution in [3.63, 3.8) is 0 Å². The molecule has 0 saturated carbocycles. The Kier molecular flexibility index (Phi) is 5.10. The summed E-state index contributed by atoms with van der Waals surface area (Å²) in [7, 11) is 11.8. The summed E-state index contributed by atoms with van der Waals surface area (Å²) in [6, 6.07) is 0. The van der Waals surface area contributed by atoms with Gasteiger partial charge in [-0.1, -0.05) is 0 Å². The van der Waals surface area contributed by atoms with E-state index in [1.807, 2.05) is 42.3 Å². The minimum Gasteiger partial charge on any atom is -0.253 e. The third-order valence-electron chi connectivity index (χ3n) is 1.80. The molecular formula is C7H21N4OP. The van der Waals surface area contributed by atoms with Gasteiger partial charge in [-0.2, -0.15) is 0 Å². The summed E-state index contributed by atoms with van der Waals surface area (Å²) < 4.78 is 6.28. The molecule has 0 bridgehead atoms. The lowest BCUT2D eigenvalue weighted by Gasteiger charge is -2.39. The van der Waals surface area contributed by atoms with Crippen LogP contribution in [-0.4, -0.2) is 63.4 Å². The maximum atomic E-state index is 4.94. The van der Waals surface area contributed by atoms with Crippen LogP contribution in [0.5, 0.6) is 0 Å². The second-order valence-electron chi connectivity index (χ2n) is 3.34. The van der Waals surface area contributed by atoms with Gasteiger partial charge in [0, 0.05) is 0 Å². The molecule has 0 fully saturated rings. The molecule has 80 valence electrons. The highest BCUT2D eigenvalue weighted by Crippen LogP contribution is 2.54. The Balaban J connectivity index is 5.20. The molecule has 13 heavy (non-hydrogen) atoms. The third kappa shape index (κ3) is 2.51. The highest BCUT2D eigenvalue weighted by molar-refractivity contribution is 7.58. The molecule has 0 spiro atoms. The molecule has 5 nitrogen and oxygen atoms in total. The molecule has 0 rings (SSSR count). The zero-order valence-corrected chi connectivity index (χ0v) is 10.5. The van der Waals surface area contributed by atoms with Gasteiger partial charge in [0.25, 0.3) is 0 Å². The van der Waals surface area contributed by atoms with Crippen LogP contribution in [0.25, 0.3) is 0 Å². The number of hydrogen-bond acceptors (Lipinski definition) is 2. The van der Waals surface area contributed by atoms with Crippen molar-refractivity contribution >= 4 is 7.51 Å². The molecule has 0 aliphatic rings. The fourth-order valence-electron chi connectivity index (χ4n) is 1.40. The van der Waals surface area contributed by atoms with E-state index in [0.29, 0.717) is 0 Å². The van der Waals surface area contributed by atoms with Crippen molar-refractivity contribution < 1.29 is 4.84 Å². The van der Waals surface area contributed by atoms with Crippen LogP contribution in [0.1, 0.15) is 0 Å². The number of nitrogens with zero attached hydrogens (tertiary/aromatic N) is 4. The minimum absolute atomic E-state index is 1.59. The fourth-order valence-corrected chi connectivity index (χ4v) is 4.21. The second kappa shape index (κ2) is 5.08. The zero-order chi connectivity index (χ0) is 10.6. The van der Waals surface area contributed by atoms with Gasteiger partial charge in [-0.15, -0.1) is 4.91 Å². The van der Waals surface area contributed by atoms with Crippen LogP contribution in [0.3, 0.4) is 0 Å². The van der Waals surface area contributed by atoms with Gasteiger partial charge >= 0.3 is 0 Å². The number of hydrogen-bond donors (Lipinski definition) is 0. The van der Waals surface area contributed by atoms with Crippen LogP contribution in [0, 0.1) is 0 Å². The molecule has 6 heteroatoms. The van der Waals surface area contributed by atoms with Gasteiger partial charge in [0.15, 0.2) is 7.51 Å². The van der Waals surface area contributed by atoms with Crippen LogP contribution in [0.4, 0.5) is 0 Å². The summed E-state index contributed by atoms with van der Waals surface area (Å²) in [4.78, 5) is 9.18. The van der Waals surface area contributed by atoms with Crippen molar-refractivity contribution in [2.24, 2.45) is 4.91 Å². The first-order chi connectivity index (χ1) is 5.89. The van der Waals surface area contributed by atoms with E-state index in [1.54, 1.807) is 7.11 Å². The second-order valence-corrected chi connectivity index (χ2v) is 6.98.